The monoisotopic (exact) mass is 260 g/mol. The summed E-state index contributed by atoms with van der Waals surface area (Å²) in [5.41, 5.74) is 1.10. The van der Waals surface area contributed by atoms with Crippen molar-refractivity contribution in [3.63, 3.8) is 0 Å². The summed E-state index contributed by atoms with van der Waals surface area (Å²) in [6.45, 7) is 3.53. The van der Waals surface area contributed by atoms with E-state index in [1.54, 1.807) is 0 Å². The molecule has 3 rings (SSSR count). The van der Waals surface area contributed by atoms with E-state index in [1.165, 1.54) is 0 Å². The van der Waals surface area contributed by atoms with Crippen LogP contribution in [0.4, 0.5) is 5.82 Å². The number of aromatic nitrogens is 2. The Morgan fingerprint density at radius 2 is 1.95 bits per heavy atom. The summed E-state index contributed by atoms with van der Waals surface area (Å²) in [5.74, 6) is 1.67. The van der Waals surface area contributed by atoms with Gasteiger partial charge in [0, 0.05) is 18.9 Å². The number of Topliss-reactive ketones (excluding diaryl/α,β-unsaturated/α-hetero) is 1. The van der Waals surface area contributed by atoms with Gasteiger partial charge in [0.25, 0.3) is 0 Å². The van der Waals surface area contributed by atoms with E-state index in [2.05, 4.69) is 28.2 Å². The number of carbonyl (C=O) groups excluding carboxylic acids is 1. The molecule has 0 amide bonds. The Labute approximate surface area is 113 Å². The summed E-state index contributed by atoms with van der Waals surface area (Å²) < 4.78 is 0. The lowest BCUT2D eigenvalue weighted by molar-refractivity contribution is -0.116. The molecule has 0 saturated carbocycles. The van der Waals surface area contributed by atoms with Gasteiger partial charge in [-0.25, -0.2) is 0 Å². The van der Waals surface area contributed by atoms with Crippen LogP contribution in [0.25, 0.3) is 0 Å². The SMILES string of the molecule is CN1CCC(c2ccc(N3CCC(=O)C3)nn2)CC1. The molecule has 3 heterocycles. The van der Waals surface area contributed by atoms with Gasteiger partial charge >= 0.3 is 0 Å². The summed E-state index contributed by atoms with van der Waals surface area (Å²) in [7, 11) is 2.16. The molecule has 0 aromatic carbocycles. The first-order valence-corrected chi connectivity index (χ1v) is 7.01. The molecule has 0 atom stereocenters. The predicted octanol–water partition coefficient (Wildman–Crippen LogP) is 1.06. The van der Waals surface area contributed by atoms with Gasteiger partial charge in [-0.1, -0.05) is 0 Å². The lowest BCUT2D eigenvalue weighted by atomic mass is 9.94. The van der Waals surface area contributed by atoms with Crippen molar-refractivity contribution in [2.75, 3.05) is 38.1 Å². The van der Waals surface area contributed by atoms with E-state index in [-0.39, 0.29) is 0 Å². The van der Waals surface area contributed by atoms with Gasteiger partial charge in [0.2, 0.25) is 0 Å². The highest BCUT2D eigenvalue weighted by molar-refractivity contribution is 5.86. The average Bonchev–Trinajstić information content (AvgIpc) is 2.87. The fourth-order valence-corrected chi connectivity index (χ4v) is 2.85. The summed E-state index contributed by atoms with van der Waals surface area (Å²) >= 11 is 0. The standard InChI is InChI=1S/C14H20N4O/c1-17-7-4-11(5-8-17)13-2-3-14(16-15-13)18-9-6-12(19)10-18/h2-3,11H,4-10H2,1H3. The molecule has 0 spiro atoms. The summed E-state index contributed by atoms with van der Waals surface area (Å²) in [5, 5.41) is 8.67. The van der Waals surface area contributed by atoms with Gasteiger partial charge in [-0.05, 0) is 45.1 Å². The second-order valence-electron chi connectivity index (χ2n) is 5.60. The van der Waals surface area contributed by atoms with Crippen molar-refractivity contribution in [1.82, 2.24) is 15.1 Å². The van der Waals surface area contributed by atoms with Gasteiger partial charge in [0.1, 0.15) is 0 Å². The molecule has 19 heavy (non-hydrogen) atoms. The Morgan fingerprint density at radius 3 is 2.53 bits per heavy atom. The first kappa shape index (κ1) is 12.5. The maximum Gasteiger partial charge on any atom is 0.153 e. The number of carbonyl (C=O) groups is 1. The number of piperidine rings is 1. The minimum Gasteiger partial charge on any atom is -0.347 e. The second-order valence-corrected chi connectivity index (χ2v) is 5.60. The zero-order valence-corrected chi connectivity index (χ0v) is 11.4. The van der Waals surface area contributed by atoms with Crippen LogP contribution in [0.15, 0.2) is 12.1 Å². The smallest absolute Gasteiger partial charge is 0.153 e. The van der Waals surface area contributed by atoms with E-state index >= 15 is 0 Å². The van der Waals surface area contributed by atoms with E-state index in [0.29, 0.717) is 24.7 Å². The maximum absolute atomic E-state index is 11.3. The number of ketones is 1. The minimum atomic E-state index is 0.293. The fourth-order valence-electron chi connectivity index (χ4n) is 2.85. The highest BCUT2D eigenvalue weighted by Gasteiger charge is 2.23. The van der Waals surface area contributed by atoms with Crippen molar-refractivity contribution in [2.45, 2.75) is 25.2 Å². The Bertz CT molecular complexity index is 451. The molecule has 2 aliphatic rings. The van der Waals surface area contributed by atoms with Crippen LogP contribution in [-0.4, -0.2) is 54.1 Å². The summed E-state index contributed by atoms with van der Waals surface area (Å²) in [6.07, 6.45) is 2.96. The van der Waals surface area contributed by atoms with Crippen molar-refractivity contribution in [3.8, 4) is 0 Å². The van der Waals surface area contributed by atoms with E-state index in [0.717, 1.165) is 44.0 Å². The van der Waals surface area contributed by atoms with Gasteiger partial charge in [0.15, 0.2) is 11.6 Å². The molecule has 2 fully saturated rings. The van der Waals surface area contributed by atoms with Gasteiger partial charge < -0.3 is 9.80 Å². The zero-order chi connectivity index (χ0) is 13.2. The largest absolute Gasteiger partial charge is 0.347 e. The van der Waals surface area contributed by atoms with Crippen LogP contribution in [-0.2, 0) is 4.79 Å². The molecule has 1 aromatic heterocycles. The highest BCUT2D eigenvalue weighted by atomic mass is 16.1. The number of hydrogen-bond donors (Lipinski definition) is 0. The van der Waals surface area contributed by atoms with Gasteiger partial charge in [-0.2, -0.15) is 5.10 Å². The molecule has 0 aliphatic carbocycles. The maximum atomic E-state index is 11.3. The predicted molar refractivity (Wildman–Crippen MR) is 73.3 cm³/mol. The number of rotatable bonds is 2. The van der Waals surface area contributed by atoms with Gasteiger partial charge in [0.05, 0.1) is 12.2 Å². The Balaban J connectivity index is 1.67. The average molecular weight is 260 g/mol. The van der Waals surface area contributed by atoms with Crippen LogP contribution in [0.2, 0.25) is 0 Å². The quantitative estimate of drug-likeness (QED) is 0.796. The lowest BCUT2D eigenvalue weighted by Gasteiger charge is -2.28. The number of hydrogen-bond acceptors (Lipinski definition) is 5. The van der Waals surface area contributed by atoms with E-state index in [9.17, 15) is 4.79 Å². The number of anilines is 1. The molecule has 1 aromatic rings. The summed E-state index contributed by atoms with van der Waals surface area (Å²) in [4.78, 5) is 15.6. The third kappa shape index (κ3) is 2.76. The van der Waals surface area contributed by atoms with Crippen molar-refractivity contribution in [1.29, 1.82) is 0 Å². The molecule has 0 radical (unpaired) electrons. The van der Waals surface area contributed by atoms with Crippen molar-refractivity contribution in [3.05, 3.63) is 17.8 Å². The molecule has 0 bridgehead atoms. The number of nitrogens with zero attached hydrogens (tertiary/aromatic N) is 4. The van der Waals surface area contributed by atoms with Crippen molar-refractivity contribution in [2.24, 2.45) is 0 Å². The third-order valence-electron chi connectivity index (χ3n) is 4.16. The minimum absolute atomic E-state index is 0.293. The first-order chi connectivity index (χ1) is 9.22. The fraction of sp³-hybridized carbons (Fsp3) is 0.643. The highest BCUT2D eigenvalue weighted by Crippen LogP contribution is 2.26. The zero-order valence-electron chi connectivity index (χ0n) is 11.4. The molecule has 0 N–H and O–H groups in total. The molecular formula is C14H20N4O. The topological polar surface area (TPSA) is 49.3 Å². The van der Waals surface area contributed by atoms with Crippen LogP contribution < -0.4 is 4.90 Å². The Kier molecular flexibility index (Phi) is 3.46. The first-order valence-electron chi connectivity index (χ1n) is 7.01. The van der Waals surface area contributed by atoms with Gasteiger partial charge in [-0.3, -0.25) is 4.79 Å². The molecule has 5 heteroatoms. The van der Waals surface area contributed by atoms with Crippen LogP contribution in [0, 0.1) is 0 Å². The molecule has 2 aliphatic heterocycles. The van der Waals surface area contributed by atoms with Crippen molar-refractivity contribution < 1.29 is 4.79 Å². The van der Waals surface area contributed by atoms with Crippen LogP contribution in [0.3, 0.4) is 0 Å². The third-order valence-corrected chi connectivity index (χ3v) is 4.16. The molecular weight excluding hydrogens is 240 g/mol. The lowest BCUT2D eigenvalue weighted by Crippen LogP contribution is -2.29. The van der Waals surface area contributed by atoms with E-state index < -0.39 is 0 Å². The number of likely N-dealkylation sites (tertiary alicyclic amines) is 1. The molecule has 2 saturated heterocycles. The molecule has 5 nitrogen and oxygen atoms in total. The van der Waals surface area contributed by atoms with Crippen LogP contribution >= 0.6 is 0 Å². The van der Waals surface area contributed by atoms with E-state index in [4.69, 9.17) is 0 Å². The molecule has 102 valence electrons. The Morgan fingerprint density at radius 1 is 1.16 bits per heavy atom. The van der Waals surface area contributed by atoms with E-state index in [1.807, 2.05) is 11.0 Å². The normalized spacial score (nSPS) is 22.2. The van der Waals surface area contributed by atoms with Crippen LogP contribution in [0.1, 0.15) is 30.9 Å². The Hall–Kier alpha value is -1.49. The van der Waals surface area contributed by atoms with Crippen LogP contribution in [0.5, 0.6) is 0 Å². The summed E-state index contributed by atoms with van der Waals surface area (Å²) in [6, 6.07) is 4.10. The second kappa shape index (κ2) is 5.25. The van der Waals surface area contributed by atoms with Gasteiger partial charge in [-0.15, -0.1) is 5.10 Å². The van der Waals surface area contributed by atoms with Crippen molar-refractivity contribution >= 4 is 11.6 Å². The molecule has 0 unspecified atom stereocenters.